The van der Waals surface area contributed by atoms with Gasteiger partial charge in [0.05, 0.1) is 0 Å². The third-order valence-electron chi connectivity index (χ3n) is 5.35. The SMILES string of the molecule is O=C(NCC(O)c1cc2ccccc2s1)C1CC12CCNCC2. The lowest BCUT2D eigenvalue weighted by Gasteiger charge is -2.23. The Kier molecular flexibility index (Phi) is 3.87. The molecule has 1 saturated carbocycles. The molecule has 2 aliphatic rings. The highest BCUT2D eigenvalue weighted by Crippen LogP contribution is 2.58. The van der Waals surface area contributed by atoms with Gasteiger partial charge in [-0.2, -0.15) is 0 Å². The summed E-state index contributed by atoms with van der Waals surface area (Å²) in [6.45, 7) is 2.35. The summed E-state index contributed by atoms with van der Waals surface area (Å²) in [7, 11) is 0. The Bertz CT molecular complexity index is 688. The molecule has 1 amide bonds. The van der Waals surface area contributed by atoms with E-state index in [0.29, 0.717) is 6.54 Å². The van der Waals surface area contributed by atoms with E-state index in [2.05, 4.69) is 16.7 Å². The first-order valence-electron chi connectivity index (χ1n) is 8.33. The van der Waals surface area contributed by atoms with Crippen molar-refractivity contribution < 1.29 is 9.90 Å². The van der Waals surface area contributed by atoms with Gasteiger partial charge in [0.15, 0.2) is 0 Å². The second-order valence-corrected chi connectivity index (χ2v) is 7.93. The molecule has 4 nitrogen and oxygen atoms in total. The second kappa shape index (κ2) is 5.89. The maximum atomic E-state index is 12.3. The number of rotatable bonds is 4. The maximum absolute atomic E-state index is 12.3. The van der Waals surface area contributed by atoms with E-state index in [-0.39, 0.29) is 17.2 Å². The summed E-state index contributed by atoms with van der Waals surface area (Å²) in [5.74, 6) is 0.270. The van der Waals surface area contributed by atoms with Crippen LogP contribution in [0, 0.1) is 11.3 Å². The highest BCUT2D eigenvalue weighted by atomic mass is 32.1. The number of hydrogen-bond acceptors (Lipinski definition) is 4. The fraction of sp³-hybridized carbons (Fsp3) is 0.500. The zero-order chi connectivity index (χ0) is 15.9. The summed E-state index contributed by atoms with van der Waals surface area (Å²) in [5.41, 5.74) is 0.248. The van der Waals surface area contributed by atoms with Crippen LogP contribution in [-0.2, 0) is 4.79 Å². The van der Waals surface area contributed by atoms with Crippen molar-refractivity contribution in [3.05, 3.63) is 35.2 Å². The van der Waals surface area contributed by atoms with Crippen LogP contribution >= 0.6 is 11.3 Å². The summed E-state index contributed by atoms with van der Waals surface area (Å²) in [4.78, 5) is 13.3. The fourth-order valence-electron chi connectivity index (χ4n) is 3.78. The summed E-state index contributed by atoms with van der Waals surface area (Å²) in [6.07, 6.45) is 2.59. The van der Waals surface area contributed by atoms with Crippen molar-refractivity contribution in [3.63, 3.8) is 0 Å². The van der Waals surface area contributed by atoms with Crippen LogP contribution in [-0.4, -0.2) is 30.6 Å². The molecule has 2 atom stereocenters. The third kappa shape index (κ3) is 2.89. The van der Waals surface area contributed by atoms with Crippen LogP contribution in [0.15, 0.2) is 30.3 Å². The number of hydrogen-bond donors (Lipinski definition) is 3. The molecule has 1 aromatic heterocycles. The molecule has 4 rings (SSSR count). The number of aliphatic hydroxyl groups is 1. The van der Waals surface area contributed by atoms with Crippen LogP contribution in [0.5, 0.6) is 0 Å². The van der Waals surface area contributed by atoms with Crippen molar-refractivity contribution in [1.29, 1.82) is 0 Å². The molecule has 1 aliphatic heterocycles. The van der Waals surface area contributed by atoms with Crippen LogP contribution < -0.4 is 10.6 Å². The van der Waals surface area contributed by atoms with Gasteiger partial charge in [0.25, 0.3) is 0 Å². The Morgan fingerprint density at radius 2 is 2.17 bits per heavy atom. The highest BCUT2D eigenvalue weighted by molar-refractivity contribution is 7.19. The van der Waals surface area contributed by atoms with Crippen molar-refractivity contribution in [1.82, 2.24) is 10.6 Å². The first kappa shape index (κ1) is 15.1. The summed E-state index contributed by atoms with van der Waals surface area (Å²) in [6, 6.07) is 10.1. The van der Waals surface area contributed by atoms with Crippen molar-refractivity contribution in [2.45, 2.75) is 25.4 Å². The van der Waals surface area contributed by atoms with Gasteiger partial charge in [-0.25, -0.2) is 0 Å². The molecule has 5 heteroatoms. The van der Waals surface area contributed by atoms with E-state index in [1.54, 1.807) is 11.3 Å². The van der Waals surface area contributed by atoms with E-state index >= 15 is 0 Å². The minimum absolute atomic E-state index is 0.118. The van der Waals surface area contributed by atoms with Crippen LogP contribution in [0.3, 0.4) is 0 Å². The summed E-state index contributed by atoms with van der Waals surface area (Å²) >= 11 is 1.59. The number of fused-ring (bicyclic) bond motifs is 1. The molecule has 2 heterocycles. The Hall–Kier alpha value is -1.43. The molecule has 2 unspecified atom stereocenters. The summed E-state index contributed by atoms with van der Waals surface area (Å²) in [5, 5.41) is 17.8. The number of carbonyl (C=O) groups is 1. The molecule has 2 fully saturated rings. The first-order valence-corrected chi connectivity index (χ1v) is 9.15. The van der Waals surface area contributed by atoms with Gasteiger partial charge in [0, 0.05) is 22.0 Å². The Morgan fingerprint density at radius 3 is 2.96 bits per heavy atom. The predicted molar refractivity (Wildman–Crippen MR) is 92.4 cm³/mol. The molecule has 1 aromatic carbocycles. The van der Waals surface area contributed by atoms with Crippen molar-refractivity contribution in [2.75, 3.05) is 19.6 Å². The third-order valence-corrected chi connectivity index (χ3v) is 6.57. The van der Waals surface area contributed by atoms with Gasteiger partial charge in [-0.05, 0) is 55.3 Å². The average molecular weight is 330 g/mol. The number of carbonyl (C=O) groups excluding carboxylic acids is 1. The molecule has 1 saturated heterocycles. The van der Waals surface area contributed by atoms with E-state index in [1.165, 1.54) is 4.70 Å². The highest BCUT2D eigenvalue weighted by Gasteiger charge is 2.57. The zero-order valence-electron chi connectivity index (χ0n) is 13.0. The lowest BCUT2D eigenvalue weighted by atomic mass is 9.92. The molecule has 0 bridgehead atoms. The van der Waals surface area contributed by atoms with Crippen LogP contribution in [0.4, 0.5) is 0 Å². The monoisotopic (exact) mass is 330 g/mol. The number of piperidine rings is 1. The number of amides is 1. The summed E-state index contributed by atoms with van der Waals surface area (Å²) < 4.78 is 1.17. The molecule has 2 aromatic rings. The van der Waals surface area contributed by atoms with Crippen LogP contribution in [0.25, 0.3) is 10.1 Å². The first-order chi connectivity index (χ1) is 11.2. The maximum Gasteiger partial charge on any atom is 0.223 e. The standard InChI is InChI=1S/C18H22N2O2S/c21-14(16-9-12-3-1-2-4-15(12)23-16)11-20-17(22)13-10-18(13)5-7-19-8-6-18/h1-4,9,13-14,19,21H,5-8,10-11H2,(H,20,22). The van der Waals surface area contributed by atoms with Gasteiger partial charge in [0.1, 0.15) is 6.10 Å². The Balaban J connectivity index is 1.34. The van der Waals surface area contributed by atoms with E-state index in [9.17, 15) is 9.90 Å². The zero-order valence-corrected chi connectivity index (χ0v) is 13.9. The lowest BCUT2D eigenvalue weighted by molar-refractivity contribution is -0.123. The number of nitrogens with one attached hydrogen (secondary N) is 2. The second-order valence-electron chi connectivity index (χ2n) is 6.82. The topological polar surface area (TPSA) is 61.4 Å². The molecule has 3 N–H and O–H groups in total. The van der Waals surface area contributed by atoms with Crippen LogP contribution in [0.2, 0.25) is 0 Å². The van der Waals surface area contributed by atoms with Crippen molar-refractivity contribution in [2.24, 2.45) is 11.3 Å². The molecular weight excluding hydrogens is 308 g/mol. The Morgan fingerprint density at radius 1 is 1.39 bits per heavy atom. The molecule has 1 aliphatic carbocycles. The smallest absolute Gasteiger partial charge is 0.223 e. The number of thiophene rings is 1. The lowest BCUT2D eigenvalue weighted by Crippen LogP contribution is -2.35. The number of benzene rings is 1. The van der Waals surface area contributed by atoms with E-state index < -0.39 is 6.10 Å². The van der Waals surface area contributed by atoms with Crippen molar-refractivity contribution >= 4 is 27.3 Å². The fourth-order valence-corrected chi connectivity index (χ4v) is 4.83. The van der Waals surface area contributed by atoms with Gasteiger partial charge in [-0.15, -0.1) is 11.3 Å². The molecular formula is C18H22N2O2S. The largest absolute Gasteiger partial charge is 0.386 e. The molecule has 23 heavy (non-hydrogen) atoms. The number of aliphatic hydroxyl groups excluding tert-OH is 1. The normalized spacial score (nSPS) is 23.8. The van der Waals surface area contributed by atoms with Gasteiger partial charge in [-0.1, -0.05) is 18.2 Å². The van der Waals surface area contributed by atoms with E-state index in [1.807, 2.05) is 24.3 Å². The van der Waals surface area contributed by atoms with Crippen molar-refractivity contribution in [3.8, 4) is 0 Å². The Labute approximate surface area is 139 Å². The van der Waals surface area contributed by atoms with Gasteiger partial charge in [0.2, 0.25) is 5.91 Å². The van der Waals surface area contributed by atoms with E-state index in [4.69, 9.17) is 0 Å². The predicted octanol–water partition coefficient (Wildman–Crippen LogP) is 2.44. The molecule has 0 radical (unpaired) electrons. The molecule has 122 valence electrons. The minimum atomic E-state index is -0.626. The minimum Gasteiger partial charge on any atom is -0.386 e. The molecule has 1 spiro atoms. The average Bonchev–Trinajstić information content (AvgIpc) is 3.08. The van der Waals surface area contributed by atoms with E-state index in [0.717, 1.165) is 42.6 Å². The van der Waals surface area contributed by atoms with Gasteiger partial charge < -0.3 is 15.7 Å². The van der Waals surface area contributed by atoms with Crippen LogP contribution in [0.1, 0.15) is 30.2 Å². The quantitative estimate of drug-likeness (QED) is 0.807. The van der Waals surface area contributed by atoms with Gasteiger partial charge in [-0.3, -0.25) is 4.79 Å². The van der Waals surface area contributed by atoms with Gasteiger partial charge >= 0.3 is 0 Å².